The highest BCUT2D eigenvalue weighted by Gasteiger charge is 2.23. The summed E-state index contributed by atoms with van der Waals surface area (Å²) in [5, 5.41) is 4.84. The number of ether oxygens (including phenoxy) is 1. The van der Waals surface area contributed by atoms with E-state index in [4.69, 9.17) is 9.72 Å². The van der Waals surface area contributed by atoms with Gasteiger partial charge in [-0.1, -0.05) is 40.7 Å². The monoisotopic (exact) mass is 529 g/mol. The summed E-state index contributed by atoms with van der Waals surface area (Å²) in [5.41, 5.74) is 1.85. The van der Waals surface area contributed by atoms with Crippen LogP contribution in [-0.2, 0) is 4.79 Å². The third-order valence-electron chi connectivity index (χ3n) is 4.78. The number of nitrogens with zero attached hydrogens (tertiary/aromatic N) is 2. The Morgan fingerprint density at radius 2 is 2.03 bits per heavy atom. The number of hydrogen-bond donors (Lipinski definition) is 1. The first kappa shape index (κ1) is 22.6. The summed E-state index contributed by atoms with van der Waals surface area (Å²) in [6.07, 6.45) is 0.568. The molecule has 2 aromatic carbocycles. The van der Waals surface area contributed by atoms with Crippen molar-refractivity contribution in [2.45, 2.75) is 23.8 Å². The average molecular weight is 530 g/mol. The third-order valence-corrected chi connectivity index (χ3v) is 7.52. The largest absolute Gasteiger partial charge is 0.497 e. The molecule has 0 spiro atoms. The molecule has 2 aromatic heterocycles. The van der Waals surface area contributed by atoms with Crippen molar-refractivity contribution in [1.29, 1.82) is 0 Å². The van der Waals surface area contributed by atoms with E-state index in [0.717, 1.165) is 4.47 Å². The number of carbonyl (C=O) groups is 1. The van der Waals surface area contributed by atoms with Gasteiger partial charge in [0.1, 0.15) is 10.4 Å². The van der Waals surface area contributed by atoms with Crippen LogP contribution in [-0.4, -0.2) is 27.8 Å². The number of carbonyl (C=O) groups excluding carboxylic acids is 1. The fourth-order valence-corrected chi connectivity index (χ4v) is 5.22. The van der Waals surface area contributed by atoms with Crippen LogP contribution in [0.4, 0.5) is 5.69 Å². The number of hydrogen-bond acceptors (Lipinski definition) is 6. The van der Waals surface area contributed by atoms with E-state index in [0.29, 0.717) is 38.9 Å². The first-order valence-corrected chi connectivity index (χ1v) is 12.4. The molecule has 0 aliphatic rings. The number of benzene rings is 2. The summed E-state index contributed by atoms with van der Waals surface area (Å²) in [7, 11) is 1.58. The van der Waals surface area contributed by atoms with Crippen LogP contribution in [0.3, 0.4) is 0 Å². The van der Waals surface area contributed by atoms with Gasteiger partial charge in [0, 0.05) is 16.2 Å². The van der Waals surface area contributed by atoms with Crippen molar-refractivity contribution >= 4 is 60.8 Å². The summed E-state index contributed by atoms with van der Waals surface area (Å²) in [6, 6.07) is 16.5. The molecular formula is C23H20BrN3O3S2. The van der Waals surface area contributed by atoms with Crippen molar-refractivity contribution in [2.75, 3.05) is 12.4 Å². The number of aromatic nitrogens is 2. The lowest BCUT2D eigenvalue weighted by Crippen LogP contribution is -2.27. The minimum atomic E-state index is -0.439. The zero-order chi connectivity index (χ0) is 22.7. The molecule has 0 aliphatic carbocycles. The topological polar surface area (TPSA) is 73.2 Å². The van der Waals surface area contributed by atoms with Crippen LogP contribution in [0.2, 0.25) is 0 Å². The predicted octanol–water partition coefficient (Wildman–Crippen LogP) is 5.73. The molecule has 0 saturated carbocycles. The minimum absolute atomic E-state index is 0.141. The maximum Gasteiger partial charge on any atom is 0.276 e. The molecule has 2 heterocycles. The van der Waals surface area contributed by atoms with Crippen LogP contribution >= 0.6 is 39.0 Å². The number of thiophene rings is 1. The first-order chi connectivity index (χ1) is 15.5. The number of halogens is 1. The highest BCUT2D eigenvalue weighted by Crippen LogP contribution is 2.29. The fraction of sp³-hybridized carbons (Fsp3) is 0.174. The van der Waals surface area contributed by atoms with Gasteiger partial charge in [-0.25, -0.2) is 4.98 Å². The Morgan fingerprint density at radius 1 is 1.25 bits per heavy atom. The summed E-state index contributed by atoms with van der Waals surface area (Å²) < 4.78 is 8.32. The molecule has 1 unspecified atom stereocenters. The van der Waals surface area contributed by atoms with E-state index in [2.05, 4.69) is 21.2 Å². The van der Waals surface area contributed by atoms with E-state index in [1.165, 1.54) is 23.1 Å². The number of amides is 1. The van der Waals surface area contributed by atoms with Gasteiger partial charge in [-0.15, -0.1) is 11.3 Å². The van der Waals surface area contributed by atoms with E-state index in [-0.39, 0.29) is 11.5 Å². The standard InChI is InChI=1S/C23H20BrN3O3S2/c1-3-19(21(28)25-15-5-4-6-17(13-15)30-2)32-23-26-18-11-12-31-20(18)22(29)27(23)16-9-7-14(24)8-10-16/h4-13,19H,3H2,1-2H3,(H,25,28). The molecule has 0 bridgehead atoms. The maximum absolute atomic E-state index is 13.3. The van der Waals surface area contributed by atoms with Gasteiger partial charge < -0.3 is 10.1 Å². The lowest BCUT2D eigenvalue weighted by Gasteiger charge is -2.18. The van der Waals surface area contributed by atoms with Crippen molar-refractivity contribution in [3.63, 3.8) is 0 Å². The maximum atomic E-state index is 13.3. The molecule has 0 fully saturated rings. The van der Waals surface area contributed by atoms with Gasteiger partial charge in [-0.05, 0) is 54.3 Å². The predicted molar refractivity (Wildman–Crippen MR) is 134 cm³/mol. The Kier molecular flexibility index (Phi) is 6.98. The van der Waals surface area contributed by atoms with E-state index in [9.17, 15) is 9.59 Å². The number of rotatable bonds is 7. The zero-order valence-electron chi connectivity index (χ0n) is 17.4. The van der Waals surface area contributed by atoms with Crippen LogP contribution in [0.1, 0.15) is 13.3 Å². The molecule has 1 atom stereocenters. The molecule has 4 rings (SSSR count). The van der Waals surface area contributed by atoms with Gasteiger partial charge in [-0.2, -0.15) is 0 Å². The SMILES string of the molecule is CCC(Sc1nc2ccsc2c(=O)n1-c1ccc(Br)cc1)C(=O)Nc1cccc(OC)c1. The average Bonchev–Trinajstić information content (AvgIpc) is 3.27. The number of methoxy groups -OCH3 is 1. The van der Waals surface area contributed by atoms with Crippen molar-refractivity contribution in [2.24, 2.45) is 0 Å². The number of fused-ring (bicyclic) bond motifs is 1. The van der Waals surface area contributed by atoms with Crippen LogP contribution in [0.5, 0.6) is 5.75 Å². The summed E-state index contributed by atoms with van der Waals surface area (Å²) in [5.74, 6) is 0.505. The molecule has 32 heavy (non-hydrogen) atoms. The molecule has 6 nitrogen and oxygen atoms in total. The molecule has 1 amide bonds. The van der Waals surface area contributed by atoms with Gasteiger partial charge in [0.15, 0.2) is 5.16 Å². The molecule has 0 radical (unpaired) electrons. The molecule has 9 heteroatoms. The van der Waals surface area contributed by atoms with Crippen LogP contribution in [0.25, 0.3) is 15.9 Å². The lowest BCUT2D eigenvalue weighted by molar-refractivity contribution is -0.115. The van der Waals surface area contributed by atoms with Crippen LogP contribution in [0.15, 0.2) is 74.4 Å². The van der Waals surface area contributed by atoms with Crippen molar-refractivity contribution < 1.29 is 9.53 Å². The van der Waals surface area contributed by atoms with Crippen molar-refractivity contribution in [1.82, 2.24) is 9.55 Å². The van der Waals surface area contributed by atoms with E-state index in [1.54, 1.807) is 17.7 Å². The Bertz CT molecular complexity index is 1320. The fourth-order valence-electron chi connectivity index (χ4n) is 3.16. The van der Waals surface area contributed by atoms with Gasteiger partial charge in [0.25, 0.3) is 5.56 Å². The molecular weight excluding hydrogens is 510 g/mol. The highest BCUT2D eigenvalue weighted by atomic mass is 79.9. The molecule has 4 aromatic rings. The molecule has 0 aliphatic heterocycles. The summed E-state index contributed by atoms with van der Waals surface area (Å²) in [4.78, 5) is 31.1. The van der Waals surface area contributed by atoms with Gasteiger partial charge >= 0.3 is 0 Å². The lowest BCUT2D eigenvalue weighted by atomic mass is 10.2. The molecule has 164 valence electrons. The minimum Gasteiger partial charge on any atom is -0.497 e. The Morgan fingerprint density at radius 3 is 2.75 bits per heavy atom. The van der Waals surface area contributed by atoms with Crippen molar-refractivity contribution in [3.8, 4) is 11.4 Å². The Labute approximate surface area is 201 Å². The quantitative estimate of drug-likeness (QED) is 0.244. The van der Waals surface area contributed by atoms with Crippen LogP contribution in [0, 0.1) is 0 Å². The second kappa shape index (κ2) is 9.89. The number of nitrogens with one attached hydrogen (secondary N) is 1. The van der Waals surface area contributed by atoms with E-state index in [1.807, 2.05) is 60.8 Å². The normalized spacial score (nSPS) is 12.0. The second-order valence-corrected chi connectivity index (χ2v) is 9.88. The smallest absolute Gasteiger partial charge is 0.276 e. The third kappa shape index (κ3) is 4.74. The second-order valence-electron chi connectivity index (χ2n) is 6.88. The number of thioether (sulfide) groups is 1. The zero-order valence-corrected chi connectivity index (χ0v) is 20.6. The summed E-state index contributed by atoms with van der Waals surface area (Å²) >= 11 is 6.08. The Hall–Kier alpha value is -2.62. The van der Waals surface area contributed by atoms with Crippen LogP contribution < -0.4 is 15.6 Å². The Balaban J connectivity index is 1.70. The van der Waals surface area contributed by atoms with E-state index < -0.39 is 5.25 Å². The van der Waals surface area contributed by atoms with Gasteiger partial charge in [0.05, 0.1) is 23.6 Å². The van der Waals surface area contributed by atoms with E-state index >= 15 is 0 Å². The van der Waals surface area contributed by atoms with Gasteiger partial charge in [-0.3, -0.25) is 14.2 Å². The number of anilines is 1. The molecule has 0 saturated heterocycles. The molecule has 1 N–H and O–H groups in total. The highest BCUT2D eigenvalue weighted by molar-refractivity contribution is 9.10. The summed E-state index contributed by atoms with van der Waals surface area (Å²) in [6.45, 7) is 1.94. The first-order valence-electron chi connectivity index (χ1n) is 9.88. The van der Waals surface area contributed by atoms with Crippen molar-refractivity contribution in [3.05, 3.63) is 74.8 Å². The van der Waals surface area contributed by atoms with Gasteiger partial charge in [0.2, 0.25) is 5.91 Å².